The van der Waals surface area contributed by atoms with E-state index in [4.69, 9.17) is 9.26 Å². The van der Waals surface area contributed by atoms with Gasteiger partial charge in [0.15, 0.2) is 0 Å². The summed E-state index contributed by atoms with van der Waals surface area (Å²) in [5.41, 5.74) is 0. The Labute approximate surface area is 76.5 Å². The van der Waals surface area contributed by atoms with Crippen LogP contribution in [-0.4, -0.2) is 26.6 Å². The summed E-state index contributed by atoms with van der Waals surface area (Å²) < 4.78 is 20.3. The number of ether oxygens (including phenoxy) is 1. The van der Waals surface area contributed by atoms with Crippen LogP contribution in [0.3, 0.4) is 0 Å². The Bertz CT molecular complexity index is 123. The minimum Gasteiger partial charge on any atom is -0.382 e. The lowest BCUT2D eigenvalue weighted by Crippen LogP contribution is -2.24. The zero-order chi connectivity index (χ0) is 9.40. The third-order valence-electron chi connectivity index (χ3n) is 1.77. The summed E-state index contributed by atoms with van der Waals surface area (Å²) >= 11 is 0. The Morgan fingerprint density at radius 3 is 2.50 bits per heavy atom. The Balaban J connectivity index is 3.58. The molecule has 0 aliphatic rings. The highest BCUT2D eigenvalue weighted by Gasteiger charge is 2.10. The molecule has 0 saturated carbocycles. The van der Waals surface area contributed by atoms with E-state index in [9.17, 15) is 4.57 Å². The van der Waals surface area contributed by atoms with E-state index in [0.29, 0.717) is 6.61 Å². The van der Waals surface area contributed by atoms with Crippen molar-refractivity contribution in [3.8, 4) is 0 Å². The van der Waals surface area contributed by atoms with E-state index in [1.165, 1.54) is 0 Å². The van der Waals surface area contributed by atoms with Crippen LogP contribution in [0, 0.1) is 0 Å². The maximum Gasteiger partial charge on any atom is 0.327 e. The maximum atomic E-state index is 10.0. The third kappa shape index (κ3) is 5.70. The molecule has 3 nitrogen and oxygen atoms in total. The Kier molecular flexibility index (Phi) is 7.77. The van der Waals surface area contributed by atoms with Crippen molar-refractivity contribution in [3.63, 3.8) is 0 Å². The standard InChI is InChI=1S/C7H16BO3P/c1-3-6(5-10-12-9)11-7(8)4-2/h6-7H,3-5,8H2,1-2H3. The van der Waals surface area contributed by atoms with Crippen LogP contribution in [0.5, 0.6) is 0 Å². The zero-order valence-corrected chi connectivity index (χ0v) is 8.84. The fraction of sp³-hybridized carbons (Fsp3) is 1.00. The normalized spacial score (nSPS) is 16.2. The minimum absolute atomic E-state index is 0.0707. The summed E-state index contributed by atoms with van der Waals surface area (Å²) in [6.45, 7) is 4.51. The average molecular weight is 190 g/mol. The molecule has 0 amide bonds. The van der Waals surface area contributed by atoms with Gasteiger partial charge < -0.3 is 4.74 Å². The molecular formula is C7H16BO3P. The van der Waals surface area contributed by atoms with Crippen LogP contribution in [0.4, 0.5) is 0 Å². The van der Waals surface area contributed by atoms with Gasteiger partial charge in [-0.25, -0.2) is 4.57 Å². The largest absolute Gasteiger partial charge is 0.382 e. The molecule has 0 bridgehead atoms. The van der Waals surface area contributed by atoms with Crippen LogP contribution in [0.1, 0.15) is 26.7 Å². The molecule has 0 rings (SSSR count). The third-order valence-corrected chi connectivity index (χ3v) is 2.02. The van der Waals surface area contributed by atoms with Gasteiger partial charge in [-0.15, -0.1) is 0 Å². The summed E-state index contributed by atoms with van der Waals surface area (Å²) in [6.07, 6.45) is 1.95. The molecule has 0 aliphatic heterocycles. The zero-order valence-electron chi connectivity index (χ0n) is 7.95. The molecule has 0 saturated heterocycles. The first-order valence-corrected chi connectivity index (χ1v) is 5.07. The molecule has 5 heteroatoms. The first-order valence-electron chi connectivity index (χ1n) is 4.34. The second-order valence-corrected chi connectivity index (χ2v) is 3.16. The highest BCUT2D eigenvalue weighted by atomic mass is 31.1. The Morgan fingerprint density at radius 2 is 2.08 bits per heavy atom. The molecule has 2 atom stereocenters. The summed E-state index contributed by atoms with van der Waals surface area (Å²) in [7, 11) is 1.76. The van der Waals surface area contributed by atoms with E-state index in [0.717, 1.165) is 12.8 Å². The van der Waals surface area contributed by atoms with Gasteiger partial charge in [0, 0.05) is 6.00 Å². The van der Waals surface area contributed by atoms with E-state index >= 15 is 0 Å². The Hall–Kier alpha value is 0.0849. The molecular weight excluding hydrogens is 174 g/mol. The van der Waals surface area contributed by atoms with Gasteiger partial charge in [-0.05, 0) is 12.8 Å². The molecule has 12 heavy (non-hydrogen) atoms. The predicted molar refractivity (Wildman–Crippen MR) is 51.3 cm³/mol. The maximum absolute atomic E-state index is 10.0. The summed E-state index contributed by atoms with van der Waals surface area (Å²) in [4.78, 5) is 0. The molecule has 0 heterocycles. The van der Waals surface area contributed by atoms with Crippen LogP contribution in [0.2, 0.25) is 0 Å². The van der Waals surface area contributed by atoms with Gasteiger partial charge in [0.1, 0.15) is 7.85 Å². The monoisotopic (exact) mass is 190 g/mol. The van der Waals surface area contributed by atoms with Crippen molar-refractivity contribution in [2.24, 2.45) is 0 Å². The lowest BCUT2D eigenvalue weighted by molar-refractivity contribution is 0.00137. The summed E-state index contributed by atoms with van der Waals surface area (Å²) in [5.74, 6) is 0. The summed E-state index contributed by atoms with van der Waals surface area (Å²) in [6, 6.07) is 0.252. The van der Waals surface area contributed by atoms with Crippen molar-refractivity contribution in [3.05, 3.63) is 0 Å². The first-order chi connectivity index (χ1) is 5.74. The number of hydrogen-bond acceptors (Lipinski definition) is 3. The second-order valence-electron chi connectivity index (χ2n) is 2.76. The average Bonchev–Trinajstić information content (AvgIpc) is 2.11. The van der Waals surface area contributed by atoms with Crippen LogP contribution in [0.25, 0.3) is 0 Å². The number of rotatable bonds is 7. The van der Waals surface area contributed by atoms with Crippen molar-refractivity contribution in [1.29, 1.82) is 0 Å². The van der Waals surface area contributed by atoms with Gasteiger partial charge in [0.2, 0.25) is 0 Å². The lowest BCUT2D eigenvalue weighted by atomic mass is 9.97. The predicted octanol–water partition coefficient (Wildman–Crippen LogP) is 1.37. The minimum atomic E-state index is -0.265. The molecule has 0 aromatic heterocycles. The quantitative estimate of drug-likeness (QED) is 0.449. The van der Waals surface area contributed by atoms with Gasteiger partial charge in [-0.2, -0.15) is 0 Å². The number of hydrogen-bond donors (Lipinski definition) is 0. The molecule has 2 unspecified atom stereocenters. The van der Waals surface area contributed by atoms with Crippen molar-refractivity contribution in [2.75, 3.05) is 6.61 Å². The lowest BCUT2D eigenvalue weighted by Gasteiger charge is -2.18. The highest BCUT2D eigenvalue weighted by molar-refractivity contribution is 7.17. The SMILES string of the molecule is BC(CC)OC(CC)COP=O. The van der Waals surface area contributed by atoms with Crippen molar-refractivity contribution >= 4 is 16.5 Å². The second kappa shape index (κ2) is 7.72. The molecule has 0 radical (unpaired) electrons. The van der Waals surface area contributed by atoms with E-state index in [1.807, 2.05) is 14.8 Å². The molecule has 0 aromatic rings. The van der Waals surface area contributed by atoms with Gasteiger partial charge in [0.25, 0.3) is 0 Å². The van der Waals surface area contributed by atoms with Crippen molar-refractivity contribution in [1.82, 2.24) is 0 Å². The summed E-state index contributed by atoms with van der Waals surface area (Å²) in [5, 5.41) is 0. The van der Waals surface area contributed by atoms with Gasteiger partial charge in [0.05, 0.1) is 12.7 Å². The van der Waals surface area contributed by atoms with E-state index in [-0.39, 0.29) is 20.8 Å². The van der Waals surface area contributed by atoms with Gasteiger partial charge in [-0.1, -0.05) is 13.8 Å². The van der Waals surface area contributed by atoms with Crippen LogP contribution >= 0.6 is 8.69 Å². The fourth-order valence-corrected chi connectivity index (χ4v) is 1.02. The molecule has 0 fully saturated rings. The fourth-order valence-electron chi connectivity index (χ4n) is 0.792. The molecule has 0 N–H and O–H groups in total. The van der Waals surface area contributed by atoms with Gasteiger partial charge >= 0.3 is 8.69 Å². The van der Waals surface area contributed by atoms with Crippen LogP contribution in [-0.2, 0) is 13.8 Å². The topological polar surface area (TPSA) is 35.5 Å². The van der Waals surface area contributed by atoms with Crippen molar-refractivity contribution < 1.29 is 13.8 Å². The van der Waals surface area contributed by atoms with E-state index in [2.05, 4.69) is 6.92 Å². The molecule has 0 aliphatic carbocycles. The van der Waals surface area contributed by atoms with Crippen LogP contribution in [0.15, 0.2) is 0 Å². The first kappa shape index (κ1) is 12.1. The van der Waals surface area contributed by atoms with Crippen LogP contribution < -0.4 is 0 Å². The van der Waals surface area contributed by atoms with E-state index < -0.39 is 0 Å². The van der Waals surface area contributed by atoms with Crippen molar-refractivity contribution in [2.45, 2.75) is 38.8 Å². The Morgan fingerprint density at radius 1 is 1.42 bits per heavy atom. The highest BCUT2D eigenvalue weighted by Crippen LogP contribution is 2.07. The molecule has 0 aromatic carbocycles. The van der Waals surface area contributed by atoms with Gasteiger partial charge in [-0.3, -0.25) is 4.52 Å². The smallest absolute Gasteiger partial charge is 0.327 e. The van der Waals surface area contributed by atoms with E-state index in [1.54, 1.807) is 0 Å². The molecule has 0 spiro atoms. The molecule has 70 valence electrons.